The number of nitrogens with zero attached hydrogens (tertiary/aromatic N) is 3. The molecule has 1 unspecified atom stereocenters. The summed E-state index contributed by atoms with van der Waals surface area (Å²) >= 11 is 0. The molecule has 2 N–H and O–H groups in total. The molecule has 1 amide bonds. The van der Waals surface area contributed by atoms with Crippen molar-refractivity contribution in [3.63, 3.8) is 0 Å². The Labute approximate surface area is 210 Å². The minimum absolute atomic E-state index is 0.0895. The first-order valence-electron chi connectivity index (χ1n) is 13.0. The average Bonchev–Trinajstić information content (AvgIpc) is 3.24. The van der Waals surface area contributed by atoms with Crippen LogP contribution in [0.5, 0.6) is 5.88 Å². The SMILES string of the molecule is COc1ccc2c3c([nH]c2n1)C(CO)N(Cc1ccccc1F)CC31CCN(C(=O)C2CCC2)CC1. The van der Waals surface area contributed by atoms with Crippen LogP contribution in [0.1, 0.15) is 55.0 Å². The zero-order valence-electron chi connectivity index (χ0n) is 20.7. The van der Waals surface area contributed by atoms with Crippen molar-refractivity contribution in [2.24, 2.45) is 5.92 Å². The number of likely N-dealkylation sites (tertiary alicyclic amines) is 1. The Kier molecular flexibility index (Phi) is 5.96. The number of methoxy groups -OCH3 is 1. The van der Waals surface area contributed by atoms with E-state index in [1.165, 1.54) is 11.6 Å². The highest BCUT2D eigenvalue weighted by atomic mass is 19.1. The van der Waals surface area contributed by atoms with E-state index >= 15 is 0 Å². The summed E-state index contributed by atoms with van der Waals surface area (Å²) in [6, 6.07) is 10.5. The van der Waals surface area contributed by atoms with Crippen LogP contribution in [-0.4, -0.2) is 64.1 Å². The summed E-state index contributed by atoms with van der Waals surface area (Å²) in [5.74, 6) is 0.786. The lowest BCUT2D eigenvalue weighted by Gasteiger charge is -2.50. The van der Waals surface area contributed by atoms with Crippen LogP contribution in [0.2, 0.25) is 0 Å². The molecular formula is C28H33FN4O3. The first-order valence-corrected chi connectivity index (χ1v) is 13.0. The van der Waals surface area contributed by atoms with Gasteiger partial charge in [-0.3, -0.25) is 9.69 Å². The lowest BCUT2D eigenvalue weighted by molar-refractivity contribution is -0.140. The van der Waals surface area contributed by atoms with Crippen LogP contribution >= 0.6 is 0 Å². The third-order valence-electron chi connectivity index (χ3n) is 8.67. The summed E-state index contributed by atoms with van der Waals surface area (Å²) in [5, 5.41) is 11.6. The topological polar surface area (TPSA) is 81.7 Å². The molecule has 0 radical (unpaired) electrons. The van der Waals surface area contributed by atoms with Crippen molar-refractivity contribution >= 4 is 16.9 Å². The molecule has 2 aromatic heterocycles. The number of fused-ring (bicyclic) bond motifs is 4. The van der Waals surface area contributed by atoms with E-state index in [9.17, 15) is 14.3 Å². The maximum atomic E-state index is 14.6. The molecule has 4 heterocycles. The van der Waals surface area contributed by atoms with E-state index in [-0.39, 0.29) is 29.8 Å². The predicted octanol–water partition coefficient (Wildman–Crippen LogP) is 3.92. The maximum absolute atomic E-state index is 14.6. The molecule has 1 aliphatic carbocycles. The Morgan fingerprint density at radius 3 is 2.67 bits per heavy atom. The Hall–Kier alpha value is -2.97. The molecule has 36 heavy (non-hydrogen) atoms. The third kappa shape index (κ3) is 3.78. The standard InChI is InChI=1S/C28H33FN4O3/c1-36-23-10-9-20-24-25(31-26(20)30-23)22(16-34)33(15-19-5-2-3-8-21(19)29)17-28(24)11-13-32(14-12-28)27(35)18-6-4-7-18/h2-3,5,8-10,18,22,34H,4,6-7,11-17H2,1H3,(H,30,31). The van der Waals surface area contributed by atoms with Crippen molar-refractivity contribution in [1.29, 1.82) is 0 Å². The fourth-order valence-corrected chi connectivity index (χ4v) is 6.46. The minimum Gasteiger partial charge on any atom is -0.481 e. The smallest absolute Gasteiger partial charge is 0.225 e. The van der Waals surface area contributed by atoms with Crippen molar-refractivity contribution < 1.29 is 19.0 Å². The number of carbonyl (C=O) groups excluding carboxylic acids is 1. The molecule has 0 bridgehead atoms. The number of ether oxygens (including phenoxy) is 1. The highest BCUT2D eigenvalue weighted by molar-refractivity contribution is 5.84. The summed E-state index contributed by atoms with van der Waals surface area (Å²) in [6.45, 7) is 2.42. The Balaban J connectivity index is 1.40. The number of hydrogen-bond acceptors (Lipinski definition) is 5. The maximum Gasteiger partial charge on any atom is 0.225 e. The summed E-state index contributed by atoms with van der Waals surface area (Å²) in [5.41, 5.74) is 3.25. The zero-order chi connectivity index (χ0) is 24.9. The summed E-state index contributed by atoms with van der Waals surface area (Å²) in [7, 11) is 1.60. The Morgan fingerprint density at radius 2 is 2.00 bits per heavy atom. The van der Waals surface area contributed by atoms with Gasteiger partial charge >= 0.3 is 0 Å². The van der Waals surface area contributed by atoms with E-state index in [1.807, 2.05) is 29.2 Å². The molecule has 3 aromatic rings. The Bertz CT molecular complexity index is 1280. The van der Waals surface area contributed by atoms with Crippen molar-refractivity contribution in [2.45, 2.75) is 50.1 Å². The first kappa shape index (κ1) is 23.4. The number of aliphatic hydroxyl groups excluding tert-OH is 1. The summed E-state index contributed by atoms with van der Waals surface area (Å²) in [6.07, 6.45) is 4.81. The van der Waals surface area contributed by atoms with Crippen LogP contribution in [0.4, 0.5) is 4.39 Å². The van der Waals surface area contributed by atoms with Gasteiger partial charge in [-0.25, -0.2) is 4.39 Å². The number of pyridine rings is 1. The van der Waals surface area contributed by atoms with Gasteiger partial charge in [0.15, 0.2) is 0 Å². The van der Waals surface area contributed by atoms with E-state index in [4.69, 9.17) is 4.74 Å². The van der Waals surface area contributed by atoms with E-state index in [1.54, 1.807) is 13.2 Å². The van der Waals surface area contributed by atoms with Gasteiger partial charge in [0.25, 0.3) is 0 Å². The van der Waals surface area contributed by atoms with E-state index < -0.39 is 0 Å². The van der Waals surface area contributed by atoms with Gasteiger partial charge in [0.2, 0.25) is 11.8 Å². The number of rotatable bonds is 5. The summed E-state index contributed by atoms with van der Waals surface area (Å²) in [4.78, 5) is 25.4. The van der Waals surface area contributed by atoms with Crippen molar-refractivity contribution in [3.8, 4) is 5.88 Å². The first-order chi connectivity index (χ1) is 17.5. The van der Waals surface area contributed by atoms with E-state index in [2.05, 4.69) is 14.9 Å². The molecule has 2 aliphatic heterocycles. The van der Waals surface area contributed by atoms with Gasteiger partial charge < -0.3 is 19.7 Å². The number of carbonyl (C=O) groups is 1. The number of halogens is 1. The van der Waals surface area contributed by atoms with E-state index in [0.717, 1.165) is 48.8 Å². The molecule has 1 spiro atoms. The van der Waals surface area contributed by atoms with Crippen LogP contribution in [0.15, 0.2) is 36.4 Å². The monoisotopic (exact) mass is 492 g/mol. The second-order valence-corrected chi connectivity index (χ2v) is 10.6. The molecule has 8 heteroatoms. The highest BCUT2D eigenvalue weighted by Crippen LogP contribution is 2.49. The van der Waals surface area contributed by atoms with Gasteiger partial charge in [0.05, 0.1) is 19.8 Å². The molecule has 6 rings (SSSR count). The fraction of sp³-hybridized carbons (Fsp3) is 0.500. The second-order valence-electron chi connectivity index (χ2n) is 10.6. The molecule has 1 saturated heterocycles. The number of aromatic amines is 1. The number of nitrogens with one attached hydrogen (secondary N) is 1. The Morgan fingerprint density at radius 1 is 1.22 bits per heavy atom. The van der Waals surface area contributed by atoms with Crippen molar-refractivity contribution in [1.82, 2.24) is 19.8 Å². The molecule has 3 aliphatic rings. The largest absolute Gasteiger partial charge is 0.481 e. The molecule has 2 fully saturated rings. The quantitative estimate of drug-likeness (QED) is 0.564. The third-order valence-corrected chi connectivity index (χ3v) is 8.67. The number of benzene rings is 1. The van der Waals surface area contributed by atoms with Crippen LogP contribution in [0.3, 0.4) is 0 Å². The number of amides is 1. The second kappa shape index (κ2) is 9.16. The number of hydrogen-bond donors (Lipinski definition) is 2. The zero-order valence-corrected chi connectivity index (χ0v) is 20.7. The van der Waals surface area contributed by atoms with Crippen LogP contribution in [0.25, 0.3) is 11.0 Å². The van der Waals surface area contributed by atoms with Crippen molar-refractivity contribution in [3.05, 3.63) is 59.0 Å². The average molecular weight is 493 g/mol. The number of aromatic nitrogens is 2. The molecule has 1 saturated carbocycles. The lowest BCUT2D eigenvalue weighted by Crippen LogP contribution is -2.55. The number of piperidine rings is 1. The van der Waals surface area contributed by atoms with Gasteiger partial charge in [-0.1, -0.05) is 24.6 Å². The molecule has 190 valence electrons. The molecule has 7 nitrogen and oxygen atoms in total. The number of aliphatic hydroxyl groups is 1. The lowest BCUT2D eigenvalue weighted by atomic mass is 9.68. The van der Waals surface area contributed by atoms with Gasteiger partial charge in [0.1, 0.15) is 11.5 Å². The minimum atomic E-state index is -0.305. The summed E-state index contributed by atoms with van der Waals surface area (Å²) < 4.78 is 20.0. The van der Waals surface area contributed by atoms with E-state index in [0.29, 0.717) is 43.5 Å². The molecular weight excluding hydrogens is 459 g/mol. The molecule has 1 aromatic carbocycles. The van der Waals surface area contributed by atoms with Gasteiger partial charge in [0, 0.05) is 60.2 Å². The number of H-pyrrole nitrogens is 1. The van der Waals surface area contributed by atoms with Gasteiger partial charge in [-0.15, -0.1) is 0 Å². The van der Waals surface area contributed by atoms with Gasteiger partial charge in [-0.05, 0) is 43.4 Å². The van der Waals surface area contributed by atoms with Crippen molar-refractivity contribution in [2.75, 3.05) is 33.4 Å². The van der Waals surface area contributed by atoms with Crippen LogP contribution < -0.4 is 4.74 Å². The normalized spacial score (nSPS) is 22.0. The van der Waals surface area contributed by atoms with Crippen LogP contribution in [0, 0.1) is 11.7 Å². The van der Waals surface area contributed by atoms with Gasteiger partial charge in [-0.2, -0.15) is 4.98 Å². The predicted molar refractivity (Wildman–Crippen MR) is 134 cm³/mol. The molecule has 1 atom stereocenters. The highest BCUT2D eigenvalue weighted by Gasteiger charge is 2.48. The fourth-order valence-electron chi connectivity index (χ4n) is 6.46. The van der Waals surface area contributed by atoms with Crippen LogP contribution in [-0.2, 0) is 16.8 Å².